The zero-order valence-electron chi connectivity index (χ0n) is 19.8. The zero-order chi connectivity index (χ0) is 25.0. The van der Waals surface area contributed by atoms with Gasteiger partial charge in [-0.25, -0.2) is 4.90 Å². The number of hydrogen-bond donors (Lipinski definition) is 0. The molecule has 4 atom stereocenters. The monoisotopic (exact) mass is 480 g/mol. The SMILES string of the molecule is COc1ccc(OC)c(N2C(=O)[C@@H]3[C@H](C2=O)[C@H]2C=Cc4ccccc4N2[C@@H]3C(=O)c2ccccc2)c1. The summed E-state index contributed by atoms with van der Waals surface area (Å²) in [6, 6.07) is 20.4. The Morgan fingerprint density at radius 1 is 0.806 bits per heavy atom. The number of methoxy groups -OCH3 is 2. The molecular weight excluding hydrogens is 456 g/mol. The molecule has 3 heterocycles. The summed E-state index contributed by atoms with van der Waals surface area (Å²) in [6.07, 6.45) is 3.91. The molecule has 0 radical (unpaired) electrons. The number of benzene rings is 3. The summed E-state index contributed by atoms with van der Waals surface area (Å²) in [5.41, 5.74) is 2.62. The maximum atomic E-state index is 14.1. The summed E-state index contributed by atoms with van der Waals surface area (Å²) >= 11 is 0. The number of ketones is 1. The van der Waals surface area contributed by atoms with Gasteiger partial charge in [-0.15, -0.1) is 0 Å². The van der Waals surface area contributed by atoms with E-state index in [0.717, 1.165) is 11.3 Å². The second-order valence-corrected chi connectivity index (χ2v) is 9.09. The minimum atomic E-state index is -0.845. The van der Waals surface area contributed by atoms with Gasteiger partial charge in [-0.3, -0.25) is 14.4 Å². The molecule has 180 valence electrons. The van der Waals surface area contributed by atoms with Crippen LogP contribution in [0.3, 0.4) is 0 Å². The lowest BCUT2D eigenvalue weighted by Gasteiger charge is -2.36. The van der Waals surface area contributed by atoms with Gasteiger partial charge in [-0.2, -0.15) is 0 Å². The second kappa shape index (κ2) is 8.37. The average molecular weight is 481 g/mol. The molecular formula is C29H24N2O5. The molecule has 0 aromatic heterocycles. The van der Waals surface area contributed by atoms with Gasteiger partial charge >= 0.3 is 0 Å². The highest BCUT2D eigenvalue weighted by Gasteiger charge is 2.64. The van der Waals surface area contributed by atoms with Gasteiger partial charge in [0.15, 0.2) is 5.78 Å². The van der Waals surface area contributed by atoms with Crippen LogP contribution in [0.1, 0.15) is 15.9 Å². The molecule has 0 spiro atoms. The zero-order valence-corrected chi connectivity index (χ0v) is 19.8. The fourth-order valence-corrected chi connectivity index (χ4v) is 5.80. The molecule has 6 rings (SSSR count). The Balaban J connectivity index is 1.50. The van der Waals surface area contributed by atoms with Gasteiger partial charge < -0.3 is 14.4 Å². The lowest BCUT2D eigenvalue weighted by molar-refractivity contribution is -0.122. The number of rotatable bonds is 5. The van der Waals surface area contributed by atoms with E-state index >= 15 is 0 Å². The lowest BCUT2D eigenvalue weighted by atomic mass is 9.86. The van der Waals surface area contributed by atoms with Gasteiger partial charge in [-0.1, -0.05) is 60.7 Å². The van der Waals surface area contributed by atoms with Crippen molar-refractivity contribution < 1.29 is 23.9 Å². The Labute approximate surface area is 208 Å². The van der Waals surface area contributed by atoms with Crippen LogP contribution >= 0.6 is 0 Å². The average Bonchev–Trinajstić information content (AvgIpc) is 3.40. The van der Waals surface area contributed by atoms with Gasteiger partial charge in [0.1, 0.15) is 17.5 Å². The first-order chi connectivity index (χ1) is 17.5. The molecule has 2 saturated heterocycles. The number of ether oxygens (including phenoxy) is 2. The quantitative estimate of drug-likeness (QED) is 0.406. The molecule has 2 amide bonds. The molecule has 36 heavy (non-hydrogen) atoms. The van der Waals surface area contributed by atoms with Crippen molar-refractivity contribution in [1.29, 1.82) is 0 Å². The van der Waals surface area contributed by atoms with Crippen LogP contribution in [-0.2, 0) is 9.59 Å². The topological polar surface area (TPSA) is 76.2 Å². The highest BCUT2D eigenvalue weighted by atomic mass is 16.5. The molecule has 0 saturated carbocycles. The van der Waals surface area contributed by atoms with Crippen molar-refractivity contribution in [2.75, 3.05) is 24.0 Å². The normalized spacial score (nSPS) is 23.8. The van der Waals surface area contributed by atoms with E-state index in [2.05, 4.69) is 0 Å². The van der Waals surface area contributed by atoms with Crippen molar-refractivity contribution in [3.8, 4) is 11.5 Å². The number of carbonyl (C=O) groups excluding carboxylic acids is 3. The van der Waals surface area contributed by atoms with E-state index in [1.165, 1.54) is 19.1 Å². The van der Waals surface area contributed by atoms with Crippen molar-refractivity contribution in [2.45, 2.75) is 12.1 Å². The fraction of sp³-hybridized carbons (Fsp3) is 0.207. The maximum absolute atomic E-state index is 14.1. The Kier molecular flexibility index (Phi) is 5.14. The summed E-state index contributed by atoms with van der Waals surface area (Å²) in [7, 11) is 3.01. The Morgan fingerprint density at radius 3 is 2.28 bits per heavy atom. The molecule has 0 aliphatic carbocycles. The van der Waals surface area contributed by atoms with Gasteiger partial charge in [-0.05, 0) is 23.8 Å². The third-order valence-corrected chi connectivity index (χ3v) is 7.37. The summed E-state index contributed by atoms with van der Waals surface area (Å²) in [5.74, 6) is -1.63. The highest BCUT2D eigenvalue weighted by molar-refractivity contribution is 6.26. The van der Waals surface area contributed by atoms with Crippen molar-refractivity contribution in [3.63, 3.8) is 0 Å². The van der Waals surface area contributed by atoms with Gasteiger partial charge in [0.2, 0.25) is 11.8 Å². The molecule has 0 unspecified atom stereocenters. The number of imide groups is 1. The summed E-state index contributed by atoms with van der Waals surface area (Å²) in [5, 5.41) is 0. The van der Waals surface area contributed by atoms with Crippen molar-refractivity contribution >= 4 is 35.0 Å². The second-order valence-electron chi connectivity index (χ2n) is 9.09. The predicted molar refractivity (Wildman–Crippen MR) is 135 cm³/mol. The number of nitrogens with zero attached hydrogens (tertiary/aromatic N) is 2. The van der Waals surface area contributed by atoms with Crippen molar-refractivity contribution in [2.24, 2.45) is 11.8 Å². The first-order valence-corrected chi connectivity index (χ1v) is 11.8. The van der Waals surface area contributed by atoms with E-state index in [9.17, 15) is 14.4 Å². The Hall–Kier alpha value is -4.39. The Bertz CT molecular complexity index is 1420. The molecule has 0 bridgehead atoms. The van der Waals surface area contributed by atoms with Gasteiger partial charge in [0.05, 0.1) is 37.8 Å². The minimum Gasteiger partial charge on any atom is -0.497 e. The van der Waals surface area contributed by atoms with Crippen LogP contribution in [0.25, 0.3) is 6.08 Å². The Morgan fingerprint density at radius 2 is 1.53 bits per heavy atom. The predicted octanol–water partition coefficient (Wildman–Crippen LogP) is 3.98. The first-order valence-electron chi connectivity index (χ1n) is 11.8. The molecule has 3 aromatic carbocycles. The molecule has 7 heteroatoms. The third-order valence-electron chi connectivity index (χ3n) is 7.37. The fourth-order valence-electron chi connectivity index (χ4n) is 5.80. The van der Waals surface area contributed by atoms with Crippen molar-refractivity contribution in [3.05, 3.63) is 90.0 Å². The number of amides is 2. The van der Waals surface area contributed by atoms with E-state index < -0.39 is 29.8 Å². The van der Waals surface area contributed by atoms with Crippen LogP contribution < -0.4 is 19.3 Å². The van der Waals surface area contributed by atoms with Gasteiger partial charge in [0, 0.05) is 17.3 Å². The summed E-state index contributed by atoms with van der Waals surface area (Å²) < 4.78 is 10.8. The number of carbonyl (C=O) groups is 3. The standard InChI is InChI=1S/C29H24N2O5/c1-35-19-13-15-23(36-2)22(16-19)31-28(33)24-21-14-12-17-8-6-7-11-20(17)30(21)26(25(24)29(31)34)27(32)18-9-4-3-5-10-18/h3-16,21,24-26H,1-2H3/t21-,24-,25-,26+/m1/s1. The van der Waals surface area contributed by atoms with Crippen LogP contribution in [0.15, 0.2) is 78.9 Å². The van der Waals surface area contributed by atoms with Crippen molar-refractivity contribution in [1.82, 2.24) is 0 Å². The maximum Gasteiger partial charge on any atom is 0.240 e. The van der Waals surface area contributed by atoms with Gasteiger partial charge in [0.25, 0.3) is 0 Å². The van der Waals surface area contributed by atoms with Crippen LogP contribution in [0, 0.1) is 11.8 Å². The van der Waals surface area contributed by atoms with E-state index in [-0.39, 0.29) is 11.7 Å². The van der Waals surface area contributed by atoms with E-state index in [4.69, 9.17) is 9.47 Å². The highest BCUT2D eigenvalue weighted by Crippen LogP contribution is 2.51. The summed E-state index contributed by atoms with van der Waals surface area (Å²) in [6.45, 7) is 0. The molecule has 0 N–H and O–H groups in total. The number of Topliss-reactive ketones (excluding diaryl/α,β-unsaturated/α-hetero) is 1. The lowest BCUT2D eigenvalue weighted by Crippen LogP contribution is -2.48. The molecule has 2 fully saturated rings. The van der Waals surface area contributed by atoms with E-state index in [0.29, 0.717) is 22.7 Å². The third kappa shape index (κ3) is 3.09. The van der Waals surface area contributed by atoms with Crippen LogP contribution in [0.2, 0.25) is 0 Å². The van der Waals surface area contributed by atoms with E-state index in [1.807, 2.05) is 47.4 Å². The molecule has 3 aliphatic heterocycles. The molecule has 3 aliphatic rings. The van der Waals surface area contributed by atoms with Crippen LogP contribution in [0.5, 0.6) is 11.5 Å². The minimum absolute atomic E-state index is 0.182. The molecule has 7 nitrogen and oxygen atoms in total. The van der Waals surface area contributed by atoms with Crippen LogP contribution in [0.4, 0.5) is 11.4 Å². The summed E-state index contributed by atoms with van der Waals surface area (Å²) in [4.78, 5) is 45.2. The number of fused-ring (bicyclic) bond motifs is 5. The number of hydrogen-bond acceptors (Lipinski definition) is 6. The number of anilines is 2. The van der Waals surface area contributed by atoms with E-state index in [1.54, 1.807) is 42.5 Å². The largest absolute Gasteiger partial charge is 0.497 e. The van der Waals surface area contributed by atoms with Crippen LogP contribution in [-0.4, -0.2) is 43.9 Å². The smallest absolute Gasteiger partial charge is 0.240 e. The first kappa shape index (κ1) is 22.1. The number of para-hydroxylation sites is 1. The molecule has 3 aromatic rings.